The minimum Gasteiger partial charge on any atom is -0.350 e. The molecule has 0 aliphatic rings. The van der Waals surface area contributed by atoms with Crippen LogP contribution < -0.4 is 15.4 Å². The van der Waals surface area contributed by atoms with Gasteiger partial charge in [0.15, 0.2) is 0 Å². The number of hydrogen-bond acceptors (Lipinski definition) is 4. The highest BCUT2D eigenvalue weighted by Gasteiger charge is 2.14. The molecule has 29 heavy (non-hydrogen) atoms. The van der Waals surface area contributed by atoms with Crippen molar-refractivity contribution in [2.45, 2.75) is 11.8 Å². The summed E-state index contributed by atoms with van der Waals surface area (Å²) >= 11 is 0. The van der Waals surface area contributed by atoms with Crippen LogP contribution in [0.5, 0.6) is 0 Å². The van der Waals surface area contributed by atoms with Crippen molar-refractivity contribution in [3.63, 3.8) is 0 Å². The van der Waals surface area contributed by atoms with Crippen LogP contribution in [0.3, 0.4) is 0 Å². The van der Waals surface area contributed by atoms with Crippen molar-refractivity contribution in [3.05, 3.63) is 77.6 Å². The van der Waals surface area contributed by atoms with Crippen molar-refractivity contribution < 1.29 is 22.4 Å². The van der Waals surface area contributed by atoms with E-state index >= 15 is 0 Å². The molecule has 2 amide bonds. The third-order valence-electron chi connectivity index (χ3n) is 3.97. The summed E-state index contributed by atoms with van der Waals surface area (Å²) in [5, 5.41) is 5.20. The lowest BCUT2D eigenvalue weighted by atomic mass is 10.1. The fraction of sp³-hybridized carbons (Fsp3) is 0.200. The lowest BCUT2D eigenvalue weighted by Gasteiger charge is -2.09. The van der Waals surface area contributed by atoms with Gasteiger partial charge in [0.1, 0.15) is 5.82 Å². The molecular weight excluding hydrogens is 397 g/mol. The molecule has 7 nitrogen and oxygen atoms in total. The molecule has 3 N–H and O–H groups in total. The summed E-state index contributed by atoms with van der Waals surface area (Å²) in [5.41, 5.74) is 0.921. The zero-order valence-electron chi connectivity index (χ0n) is 15.9. The van der Waals surface area contributed by atoms with Crippen molar-refractivity contribution >= 4 is 21.8 Å². The zero-order valence-corrected chi connectivity index (χ0v) is 16.7. The number of rotatable bonds is 9. The van der Waals surface area contributed by atoms with Gasteiger partial charge in [0.25, 0.3) is 11.8 Å². The smallest absolute Gasteiger partial charge is 0.251 e. The van der Waals surface area contributed by atoms with Gasteiger partial charge >= 0.3 is 0 Å². The minimum absolute atomic E-state index is 0.0356. The number of amides is 2. The summed E-state index contributed by atoms with van der Waals surface area (Å²) in [4.78, 5) is 24.1. The van der Waals surface area contributed by atoms with E-state index in [-0.39, 0.29) is 35.7 Å². The third-order valence-corrected chi connectivity index (χ3v) is 5.41. The average molecular weight is 419 g/mol. The van der Waals surface area contributed by atoms with Crippen molar-refractivity contribution in [3.8, 4) is 0 Å². The molecule has 0 bridgehead atoms. The molecule has 0 aliphatic heterocycles. The highest BCUT2D eigenvalue weighted by molar-refractivity contribution is 7.89. The molecule has 0 saturated carbocycles. The van der Waals surface area contributed by atoms with Gasteiger partial charge in [-0.15, -0.1) is 6.58 Å². The number of nitrogens with one attached hydrogen (secondary N) is 3. The molecule has 2 aromatic rings. The Morgan fingerprint density at radius 3 is 2.10 bits per heavy atom. The second-order valence-corrected chi connectivity index (χ2v) is 7.91. The lowest BCUT2D eigenvalue weighted by molar-refractivity contribution is 0.0927. The predicted octanol–water partition coefficient (Wildman–Crippen LogP) is 1.76. The molecule has 0 heterocycles. The fourth-order valence-corrected chi connectivity index (χ4v) is 3.33. The van der Waals surface area contributed by atoms with Gasteiger partial charge in [-0.2, -0.15) is 0 Å². The molecule has 0 aromatic heterocycles. The maximum Gasteiger partial charge on any atom is 0.251 e. The van der Waals surface area contributed by atoms with Gasteiger partial charge in [0.05, 0.1) is 4.90 Å². The van der Waals surface area contributed by atoms with Gasteiger partial charge in [-0.25, -0.2) is 17.5 Å². The highest BCUT2D eigenvalue weighted by atomic mass is 32.2. The number of carbonyl (C=O) groups excluding carboxylic acids is 2. The summed E-state index contributed by atoms with van der Waals surface area (Å²) in [6.07, 6.45) is 1.42. The molecule has 0 aliphatic carbocycles. The van der Waals surface area contributed by atoms with Crippen LogP contribution >= 0.6 is 0 Å². The minimum atomic E-state index is -3.65. The van der Waals surface area contributed by atoms with Crippen LogP contribution in [0.15, 0.2) is 60.0 Å². The maximum atomic E-state index is 13.5. The lowest BCUT2D eigenvalue weighted by Crippen LogP contribution is -2.34. The van der Waals surface area contributed by atoms with Crippen LogP contribution in [-0.4, -0.2) is 39.9 Å². The topological polar surface area (TPSA) is 104 Å². The largest absolute Gasteiger partial charge is 0.350 e. The predicted molar refractivity (Wildman–Crippen MR) is 108 cm³/mol. The summed E-state index contributed by atoms with van der Waals surface area (Å²) < 4.78 is 39.8. The molecule has 0 unspecified atom stereocenters. The summed E-state index contributed by atoms with van der Waals surface area (Å²) in [7, 11) is -3.65. The van der Waals surface area contributed by atoms with Crippen molar-refractivity contribution in [1.29, 1.82) is 0 Å². The number of benzene rings is 2. The van der Waals surface area contributed by atoms with E-state index in [0.29, 0.717) is 5.56 Å². The highest BCUT2D eigenvalue weighted by Crippen LogP contribution is 2.11. The standard InChI is InChI=1S/C20H22FN3O4S/c1-3-10-24-29(27,28)17-8-6-15(7-9-17)19(25)22-11-12-23-20(26)16-5-4-14(2)18(21)13-16/h3-9,13,24H,1,10-12H2,2H3,(H,22,25)(H,23,26). The molecule has 0 saturated heterocycles. The molecule has 154 valence electrons. The molecular formula is C20H22FN3O4S. The van der Waals surface area contributed by atoms with Crippen molar-refractivity contribution in [2.75, 3.05) is 19.6 Å². The molecule has 0 spiro atoms. The van der Waals surface area contributed by atoms with E-state index in [2.05, 4.69) is 21.9 Å². The first kappa shape index (κ1) is 22.3. The molecule has 0 radical (unpaired) electrons. The normalized spacial score (nSPS) is 11.0. The van der Waals surface area contributed by atoms with Crippen LogP contribution in [0, 0.1) is 12.7 Å². The molecule has 0 atom stereocenters. The van der Waals surface area contributed by atoms with E-state index in [4.69, 9.17) is 0 Å². The monoisotopic (exact) mass is 419 g/mol. The van der Waals surface area contributed by atoms with Crippen LogP contribution in [0.2, 0.25) is 0 Å². The van der Waals surface area contributed by atoms with Gasteiger partial charge in [-0.05, 0) is 48.9 Å². The SMILES string of the molecule is C=CCNS(=O)(=O)c1ccc(C(=O)NCCNC(=O)c2ccc(C)c(F)c2)cc1. The molecule has 2 rings (SSSR count). The van der Waals surface area contributed by atoms with Crippen LogP contribution in [0.1, 0.15) is 26.3 Å². The number of halogens is 1. The number of carbonyl (C=O) groups is 2. The second kappa shape index (κ2) is 9.94. The first-order chi connectivity index (χ1) is 13.7. The Bertz CT molecular complexity index is 1000. The Kier molecular flexibility index (Phi) is 7.63. The molecule has 0 fully saturated rings. The first-order valence-corrected chi connectivity index (χ1v) is 10.3. The Morgan fingerprint density at radius 1 is 1.00 bits per heavy atom. The number of aryl methyl sites for hydroxylation is 1. The summed E-state index contributed by atoms with van der Waals surface area (Å²) in [6.45, 7) is 5.45. The van der Waals surface area contributed by atoms with Gasteiger partial charge < -0.3 is 10.6 Å². The third kappa shape index (κ3) is 6.23. The van der Waals surface area contributed by atoms with E-state index in [9.17, 15) is 22.4 Å². The number of hydrogen-bond donors (Lipinski definition) is 3. The van der Waals surface area contributed by atoms with E-state index in [1.54, 1.807) is 6.92 Å². The Labute approximate surface area is 169 Å². The van der Waals surface area contributed by atoms with Gasteiger partial charge in [0.2, 0.25) is 10.0 Å². The quantitative estimate of drug-likeness (QED) is 0.426. The van der Waals surface area contributed by atoms with Gasteiger partial charge in [0, 0.05) is 30.8 Å². The molecule has 9 heteroatoms. The van der Waals surface area contributed by atoms with Gasteiger partial charge in [-0.3, -0.25) is 9.59 Å². The van der Waals surface area contributed by atoms with E-state index in [0.717, 1.165) is 6.07 Å². The Balaban J connectivity index is 1.84. The van der Waals surface area contributed by atoms with Crippen LogP contribution in [-0.2, 0) is 10.0 Å². The Hall–Kier alpha value is -3.04. The fourth-order valence-electron chi connectivity index (χ4n) is 2.33. The van der Waals surface area contributed by atoms with Gasteiger partial charge in [-0.1, -0.05) is 12.1 Å². The average Bonchev–Trinajstić information content (AvgIpc) is 2.71. The molecule has 2 aromatic carbocycles. The second-order valence-electron chi connectivity index (χ2n) is 6.14. The maximum absolute atomic E-state index is 13.5. The van der Waals surface area contributed by atoms with Crippen LogP contribution in [0.4, 0.5) is 4.39 Å². The van der Waals surface area contributed by atoms with Crippen molar-refractivity contribution in [1.82, 2.24) is 15.4 Å². The summed E-state index contributed by atoms with van der Waals surface area (Å²) in [5.74, 6) is -1.32. The first-order valence-electron chi connectivity index (χ1n) is 8.78. The summed E-state index contributed by atoms with van der Waals surface area (Å²) in [6, 6.07) is 9.64. The van der Waals surface area contributed by atoms with E-state index in [1.165, 1.54) is 42.5 Å². The van der Waals surface area contributed by atoms with Crippen molar-refractivity contribution in [2.24, 2.45) is 0 Å². The van der Waals surface area contributed by atoms with E-state index in [1.807, 2.05) is 0 Å². The number of sulfonamides is 1. The Morgan fingerprint density at radius 2 is 1.55 bits per heavy atom. The zero-order chi connectivity index (χ0) is 21.4. The van der Waals surface area contributed by atoms with E-state index < -0.39 is 27.7 Å². The van der Waals surface area contributed by atoms with Crippen LogP contribution in [0.25, 0.3) is 0 Å².